The van der Waals surface area contributed by atoms with Crippen molar-refractivity contribution in [3.8, 4) is 11.3 Å². The third kappa shape index (κ3) is 4.88. The predicted octanol–water partition coefficient (Wildman–Crippen LogP) is 5.33. The predicted molar refractivity (Wildman–Crippen MR) is 124 cm³/mol. The molecule has 7 heteroatoms. The summed E-state index contributed by atoms with van der Waals surface area (Å²) in [7, 11) is 0. The summed E-state index contributed by atoms with van der Waals surface area (Å²) >= 11 is 1.35. The molecule has 1 aliphatic rings. The molecule has 1 aliphatic heterocycles. The van der Waals surface area contributed by atoms with E-state index in [-0.39, 0.29) is 17.0 Å². The molecule has 0 saturated carbocycles. The lowest BCUT2D eigenvalue weighted by molar-refractivity contribution is 0.0986. The van der Waals surface area contributed by atoms with Crippen LogP contribution in [0.1, 0.15) is 37.0 Å². The number of nitrogens with zero attached hydrogens (tertiary/aromatic N) is 3. The molecule has 0 spiro atoms. The Morgan fingerprint density at radius 2 is 2.00 bits per heavy atom. The number of ether oxygens (including phenoxy) is 1. The van der Waals surface area contributed by atoms with Crippen LogP contribution in [0.2, 0.25) is 0 Å². The number of fused-ring (bicyclic) bond motifs is 1. The summed E-state index contributed by atoms with van der Waals surface area (Å²) in [4.78, 5) is 24.6. The highest BCUT2D eigenvalue weighted by Gasteiger charge is 2.25. The number of carbonyl (C=O) groups is 1. The number of unbranched alkanes of at least 4 members (excludes halogenated alkanes) is 1. The van der Waals surface area contributed by atoms with Gasteiger partial charge in [-0.3, -0.25) is 4.79 Å². The minimum Gasteiger partial charge on any atom is -0.377 e. The molecular weight excluding hydrogens is 413 g/mol. The Bertz CT molecular complexity index is 1070. The minimum absolute atomic E-state index is 0.0565. The second-order valence-electron chi connectivity index (χ2n) is 7.71. The fourth-order valence-electron chi connectivity index (χ4n) is 3.61. The molecule has 2 aromatic carbocycles. The van der Waals surface area contributed by atoms with E-state index in [2.05, 4.69) is 18.7 Å². The quantitative estimate of drug-likeness (QED) is 0.484. The fraction of sp³-hybridized carbons (Fsp3) is 0.375. The molecule has 1 atom stereocenters. The molecule has 0 radical (unpaired) electrons. The van der Waals surface area contributed by atoms with Crippen molar-refractivity contribution >= 4 is 33.7 Å². The number of benzene rings is 2. The van der Waals surface area contributed by atoms with Gasteiger partial charge in [-0.1, -0.05) is 25.1 Å². The van der Waals surface area contributed by atoms with Gasteiger partial charge >= 0.3 is 0 Å². The minimum atomic E-state index is -0.289. The summed E-state index contributed by atoms with van der Waals surface area (Å²) in [6, 6.07) is 11.9. The molecule has 1 fully saturated rings. The number of hydrogen-bond acceptors (Lipinski definition) is 6. The standard InChI is InChI=1S/C24H26FN3O2S/c1-3-4-13-31-24(29)18-7-10-20-21(14-18)27-23(28-11-12-30-15-16(28)2)22(26-20)17-5-8-19(25)9-6-17/h5-10,14,16H,3-4,11-13,15H2,1-2H3/t16-/m0/s1. The number of carbonyl (C=O) groups excluding carboxylic acids is 1. The average Bonchev–Trinajstić information content (AvgIpc) is 2.79. The summed E-state index contributed by atoms with van der Waals surface area (Å²) in [6.45, 7) is 6.11. The molecule has 1 aromatic heterocycles. The third-order valence-corrected chi connectivity index (χ3v) is 6.36. The van der Waals surface area contributed by atoms with Crippen LogP contribution >= 0.6 is 11.8 Å². The summed E-state index contributed by atoms with van der Waals surface area (Å²) in [6.07, 6.45) is 2.08. The van der Waals surface area contributed by atoms with Crippen molar-refractivity contribution < 1.29 is 13.9 Å². The maximum Gasteiger partial charge on any atom is 0.219 e. The molecule has 0 aliphatic carbocycles. The van der Waals surface area contributed by atoms with E-state index in [1.807, 2.05) is 18.2 Å². The van der Waals surface area contributed by atoms with Crippen molar-refractivity contribution in [1.29, 1.82) is 0 Å². The van der Waals surface area contributed by atoms with Gasteiger partial charge in [0.1, 0.15) is 11.5 Å². The van der Waals surface area contributed by atoms with E-state index in [1.54, 1.807) is 12.1 Å². The summed E-state index contributed by atoms with van der Waals surface area (Å²) in [5, 5.41) is 0.0565. The van der Waals surface area contributed by atoms with Crippen LogP contribution in [0.25, 0.3) is 22.3 Å². The number of morpholine rings is 1. The molecule has 0 N–H and O–H groups in total. The summed E-state index contributed by atoms with van der Waals surface area (Å²) in [5.41, 5.74) is 3.54. The van der Waals surface area contributed by atoms with Gasteiger partial charge in [0.25, 0.3) is 0 Å². The Labute approximate surface area is 186 Å². The van der Waals surface area contributed by atoms with Crippen LogP contribution in [0.15, 0.2) is 42.5 Å². The van der Waals surface area contributed by atoms with E-state index >= 15 is 0 Å². The highest BCUT2D eigenvalue weighted by atomic mass is 32.2. The third-order valence-electron chi connectivity index (χ3n) is 5.37. The molecular formula is C24H26FN3O2S. The highest BCUT2D eigenvalue weighted by Crippen LogP contribution is 2.32. The van der Waals surface area contributed by atoms with E-state index in [4.69, 9.17) is 14.7 Å². The van der Waals surface area contributed by atoms with Crippen molar-refractivity contribution in [3.63, 3.8) is 0 Å². The van der Waals surface area contributed by atoms with Gasteiger partial charge in [-0.15, -0.1) is 0 Å². The van der Waals surface area contributed by atoms with Crippen LogP contribution in [0.3, 0.4) is 0 Å². The molecule has 0 amide bonds. The number of anilines is 1. The van der Waals surface area contributed by atoms with Crippen LogP contribution in [-0.4, -0.2) is 46.6 Å². The number of halogens is 1. The second kappa shape index (κ2) is 9.75. The fourth-order valence-corrected chi connectivity index (χ4v) is 4.52. The summed E-state index contributed by atoms with van der Waals surface area (Å²) < 4.78 is 19.1. The Balaban J connectivity index is 1.78. The first kappa shape index (κ1) is 21.7. The van der Waals surface area contributed by atoms with E-state index in [0.29, 0.717) is 42.0 Å². The highest BCUT2D eigenvalue weighted by molar-refractivity contribution is 8.14. The van der Waals surface area contributed by atoms with Gasteiger partial charge in [-0.05, 0) is 55.8 Å². The van der Waals surface area contributed by atoms with E-state index < -0.39 is 0 Å². The van der Waals surface area contributed by atoms with Gasteiger partial charge in [0.05, 0.1) is 30.3 Å². The molecule has 1 saturated heterocycles. The van der Waals surface area contributed by atoms with Crippen LogP contribution in [-0.2, 0) is 4.74 Å². The van der Waals surface area contributed by atoms with Gasteiger partial charge < -0.3 is 9.64 Å². The first-order chi connectivity index (χ1) is 15.1. The SMILES string of the molecule is CCCCSC(=O)c1ccc2nc(-c3ccc(F)cc3)c(N3CCOC[C@@H]3C)nc2c1. The Kier molecular flexibility index (Phi) is 6.83. The van der Waals surface area contributed by atoms with Crippen molar-refractivity contribution in [2.45, 2.75) is 32.7 Å². The van der Waals surface area contributed by atoms with Crippen LogP contribution < -0.4 is 4.90 Å². The van der Waals surface area contributed by atoms with Crippen molar-refractivity contribution in [2.75, 3.05) is 30.4 Å². The lowest BCUT2D eigenvalue weighted by atomic mass is 10.1. The van der Waals surface area contributed by atoms with Crippen molar-refractivity contribution in [2.24, 2.45) is 0 Å². The monoisotopic (exact) mass is 439 g/mol. The van der Waals surface area contributed by atoms with Gasteiger partial charge in [0, 0.05) is 23.4 Å². The first-order valence-electron chi connectivity index (χ1n) is 10.7. The second-order valence-corrected chi connectivity index (χ2v) is 8.78. The molecule has 0 bridgehead atoms. The Morgan fingerprint density at radius 3 is 2.74 bits per heavy atom. The zero-order valence-electron chi connectivity index (χ0n) is 17.8. The van der Waals surface area contributed by atoms with Gasteiger partial charge in [0.15, 0.2) is 5.82 Å². The van der Waals surface area contributed by atoms with Crippen molar-refractivity contribution in [3.05, 3.63) is 53.8 Å². The van der Waals surface area contributed by atoms with Crippen molar-refractivity contribution in [1.82, 2.24) is 9.97 Å². The number of rotatable bonds is 6. The van der Waals surface area contributed by atoms with E-state index in [1.165, 1.54) is 23.9 Å². The number of hydrogen-bond donors (Lipinski definition) is 0. The molecule has 3 aromatic rings. The molecule has 5 nitrogen and oxygen atoms in total. The maximum atomic E-state index is 13.5. The Morgan fingerprint density at radius 1 is 1.19 bits per heavy atom. The van der Waals surface area contributed by atoms with Gasteiger partial charge in [-0.2, -0.15) is 0 Å². The van der Waals surface area contributed by atoms with E-state index in [0.717, 1.165) is 30.0 Å². The van der Waals surface area contributed by atoms with Gasteiger partial charge in [0.2, 0.25) is 5.12 Å². The lowest BCUT2D eigenvalue weighted by Gasteiger charge is -2.35. The summed E-state index contributed by atoms with van der Waals surface area (Å²) in [5.74, 6) is 1.26. The molecule has 162 valence electrons. The largest absolute Gasteiger partial charge is 0.377 e. The van der Waals surface area contributed by atoms with E-state index in [9.17, 15) is 9.18 Å². The first-order valence-corrected chi connectivity index (χ1v) is 11.6. The zero-order chi connectivity index (χ0) is 21.8. The zero-order valence-corrected chi connectivity index (χ0v) is 18.6. The van der Waals surface area contributed by atoms with Gasteiger partial charge in [-0.25, -0.2) is 14.4 Å². The topological polar surface area (TPSA) is 55.3 Å². The molecule has 2 heterocycles. The number of aromatic nitrogens is 2. The molecule has 31 heavy (non-hydrogen) atoms. The Hall–Kier alpha value is -2.51. The lowest BCUT2D eigenvalue weighted by Crippen LogP contribution is -2.44. The van der Waals surface area contributed by atoms with Crippen LogP contribution in [0.5, 0.6) is 0 Å². The number of thioether (sulfide) groups is 1. The smallest absolute Gasteiger partial charge is 0.219 e. The molecule has 0 unspecified atom stereocenters. The molecule has 4 rings (SSSR count). The van der Waals surface area contributed by atoms with Crippen LogP contribution in [0, 0.1) is 5.82 Å². The average molecular weight is 440 g/mol. The normalized spacial score (nSPS) is 16.6. The maximum absolute atomic E-state index is 13.5. The van der Waals surface area contributed by atoms with Crippen LogP contribution in [0.4, 0.5) is 10.2 Å².